The highest BCUT2D eigenvalue weighted by Gasteiger charge is 2.15. The molecular formula is C6H16OSi2. The quantitative estimate of drug-likeness (QED) is 0.449. The van der Waals surface area contributed by atoms with Crippen molar-refractivity contribution in [2.75, 3.05) is 0 Å². The number of hydrogen-bond acceptors (Lipinski definition) is 1. The van der Waals surface area contributed by atoms with Gasteiger partial charge in [-0.3, -0.25) is 0 Å². The van der Waals surface area contributed by atoms with Gasteiger partial charge in [-0.25, -0.2) is 0 Å². The summed E-state index contributed by atoms with van der Waals surface area (Å²) in [5, 5.41) is 1.06. The molecule has 0 atom stereocenters. The summed E-state index contributed by atoms with van der Waals surface area (Å²) in [6, 6.07) is 0. The highest BCUT2D eigenvalue weighted by atomic mass is 28.4. The fraction of sp³-hybridized carbons (Fsp3) is 0.667. The van der Waals surface area contributed by atoms with Gasteiger partial charge in [0.2, 0.25) is 8.32 Å². The van der Waals surface area contributed by atoms with Crippen molar-refractivity contribution in [1.29, 1.82) is 0 Å². The molecule has 0 fully saturated rings. The normalized spacial score (nSPS) is 12.4. The lowest BCUT2D eigenvalue weighted by Gasteiger charge is -2.19. The summed E-state index contributed by atoms with van der Waals surface area (Å²) in [4.78, 5) is 0. The Morgan fingerprint density at radius 2 is 1.89 bits per heavy atom. The zero-order chi connectivity index (χ0) is 7.49. The molecule has 0 unspecified atom stereocenters. The summed E-state index contributed by atoms with van der Waals surface area (Å²) in [5.41, 5.74) is 0. The van der Waals surface area contributed by atoms with Gasteiger partial charge in [-0.15, -0.1) is 0 Å². The monoisotopic (exact) mass is 160 g/mol. The molecule has 0 aromatic carbocycles. The maximum Gasteiger partial charge on any atom is 0.241 e. The minimum Gasteiger partial charge on any atom is -0.553 e. The van der Waals surface area contributed by atoms with Gasteiger partial charge in [0.15, 0.2) is 0 Å². The second-order valence-corrected chi connectivity index (χ2v) is 9.03. The summed E-state index contributed by atoms with van der Waals surface area (Å²) in [5.74, 6) is 0. The van der Waals surface area contributed by atoms with Gasteiger partial charge < -0.3 is 4.43 Å². The number of hydrogen-bond donors (Lipinski definition) is 0. The van der Waals surface area contributed by atoms with Crippen molar-refractivity contribution >= 4 is 17.8 Å². The molecular weight excluding hydrogens is 144 g/mol. The molecule has 0 aliphatic heterocycles. The third-order valence-corrected chi connectivity index (χ3v) is 2.97. The molecule has 0 N–H and O–H groups in total. The van der Waals surface area contributed by atoms with Crippen LogP contribution in [0.3, 0.4) is 0 Å². The maximum absolute atomic E-state index is 5.59. The first-order valence-corrected chi connectivity index (χ1v) is 8.85. The molecule has 0 bridgehead atoms. The predicted octanol–water partition coefficient (Wildman–Crippen LogP) is 1.53. The summed E-state index contributed by atoms with van der Waals surface area (Å²) >= 11 is 0. The molecule has 0 rings (SSSR count). The van der Waals surface area contributed by atoms with Gasteiger partial charge in [0.25, 0.3) is 0 Å². The fourth-order valence-electron chi connectivity index (χ4n) is 0.505. The van der Waals surface area contributed by atoms with E-state index in [1.54, 1.807) is 0 Å². The van der Waals surface area contributed by atoms with Gasteiger partial charge in [-0.05, 0) is 19.6 Å². The van der Waals surface area contributed by atoms with E-state index < -0.39 is 8.32 Å². The maximum atomic E-state index is 5.59. The Morgan fingerprint density at radius 3 is 2.00 bits per heavy atom. The average Bonchev–Trinajstić information content (AvgIpc) is 1.62. The first-order valence-electron chi connectivity index (χ1n) is 3.32. The van der Waals surface area contributed by atoms with Crippen LogP contribution in [0.15, 0.2) is 12.0 Å². The highest BCUT2D eigenvalue weighted by Crippen LogP contribution is 2.06. The Morgan fingerprint density at radius 1 is 1.44 bits per heavy atom. The average molecular weight is 160 g/mol. The van der Waals surface area contributed by atoms with E-state index in [2.05, 4.69) is 32.8 Å². The summed E-state index contributed by atoms with van der Waals surface area (Å²) in [7, 11) is -1.43. The molecule has 0 heterocycles. The van der Waals surface area contributed by atoms with Gasteiger partial charge in [-0.1, -0.05) is 13.1 Å². The molecule has 0 radical (unpaired) electrons. The van der Waals surface area contributed by atoms with Crippen LogP contribution in [-0.4, -0.2) is 17.8 Å². The van der Waals surface area contributed by atoms with Gasteiger partial charge in [0, 0.05) is 5.38 Å². The van der Waals surface area contributed by atoms with Crippen LogP contribution in [0.5, 0.6) is 0 Å². The molecule has 0 saturated heterocycles. The SMILES string of the molecule is C=C(O[Si](C)(C)C)[SiH2]C. The second-order valence-electron chi connectivity index (χ2n) is 3.11. The van der Waals surface area contributed by atoms with Crippen molar-refractivity contribution in [2.24, 2.45) is 0 Å². The second kappa shape index (κ2) is 3.22. The van der Waals surface area contributed by atoms with Gasteiger partial charge >= 0.3 is 0 Å². The van der Waals surface area contributed by atoms with Crippen LogP contribution in [0.4, 0.5) is 0 Å². The van der Waals surface area contributed by atoms with E-state index in [1.165, 1.54) is 0 Å². The van der Waals surface area contributed by atoms with Crippen molar-refractivity contribution in [1.82, 2.24) is 0 Å². The van der Waals surface area contributed by atoms with E-state index in [0.717, 1.165) is 5.38 Å². The summed E-state index contributed by atoms with van der Waals surface area (Å²) in [6.45, 7) is 12.6. The highest BCUT2D eigenvalue weighted by molar-refractivity contribution is 6.70. The first-order chi connectivity index (χ1) is 3.95. The Hall–Kier alpha value is -0.0262. The minimum absolute atomic E-state index is 0.123. The Bertz CT molecular complexity index is 104. The van der Waals surface area contributed by atoms with E-state index in [-0.39, 0.29) is 9.52 Å². The van der Waals surface area contributed by atoms with E-state index in [0.29, 0.717) is 0 Å². The van der Waals surface area contributed by atoms with Crippen LogP contribution >= 0.6 is 0 Å². The smallest absolute Gasteiger partial charge is 0.241 e. The van der Waals surface area contributed by atoms with Gasteiger partial charge in [-0.2, -0.15) is 0 Å². The predicted molar refractivity (Wildman–Crippen MR) is 48.0 cm³/mol. The van der Waals surface area contributed by atoms with Crippen LogP contribution < -0.4 is 0 Å². The van der Waals surface area contributed by atoms with Crippen LogP contribution in [0.1, 0.15) is 0 Å². The van der Waals surface area contributed by atoms with Crippen LogP contribution in [-0.2, 0) is 4.43 Å². The van der Waals surface area contributed by atoms with Crippen LogP contribution in [0.2, 0.25) is 26.2 Å². The standard InChI is InChI=1S/C6H16OSi2/c1-6(8-2)7-9(3,4)5/h1,8H2,2-5H3. The Balaban J connectivity index is 3.60. The van der Waals surface area contributed by atoms with Gasteiger partial charge in [0.05, 0.1) is 9.52 Å². The largest absolute Gasteiger partial charge is 0.553 e. The lowest BCUT2D eigenvalue weighted by molar-refractivity contribution is 0.460. The molecule has 0 saturated carbocycles. The lowest BCUT2D eigenvalue weighted by Crippen LogP contribution is -2.25. The van der Waals surface area contributed by atoms with Crippen molar-refractivity contribution in [3.63, 3.8) is 0 Å². The first kappa shape index (κ1) is 8.97. The molecule has 0 aliphatic carbocycles. The zero-order valence-corrected chi connectivity index (χ0v) is 9.24. The van der Waals surface area contributed by atoms with Crippen molar-refractivity contribution in [3.05, 3.63) is 12.0 Å². The molecule has 0 spiro atoms. The molecule has 0 aromatic rings. The molecule has 54 valence electrons. The molecule has 3 heteroatoms. The Labute approximate surface area is 61.1 Å². The molecule has 0 aromatic heterocycles. The number of rotatable bonds is 3. The zero-order valence-electron chi connectivity index (χ0n) is 6.82. The van der Waals surface area contributed by atoms with E-state index in [1.807, 2.05) is 0 Å². The topological polar surface area (TPSA) is 9.23 Å². The van der Waals surface area contributed by atoms with Gasteiger partial charge in [0.1, 0.15) is 0 Å². The fourth-order valence-corrected chi connectivity index (χ4v) is 3.25. The van der Waals surface area contributed by atoms with Crippen LogP contribution in [0, 0.1) is 0 Å². The van der Waals surface area contributed by atoms with E-state index in [4.69, 9.17) is 4.43 Å². The molecule has 0 amide bonds. The van der Waals surface area contributed by atoms with Crippen LogP contribution in [0.25, 0.3) is 0 Å². The summed E-state index contributed by atoms with van der Waals surface area (Å²) < 4.78 is 5.59. The summed E-state index contributed by atoms with van der Waals surface area (Å²) in [6.07, 6.45) is 0. The molecule has 9 heavy (non-hydrogen) atoms. The van der Waals surface area contributed by atoms with E-state index >= 15 is 0 Å². The minimum atomic E-state index is -1.31. The molecule has 1 nitrogen and oxygen atoms in total. The lowest BCUT2D eigenvalue weighted by atomic mass is 11.2. The third kappa shape index (κ3) is 5.85. The van der Waals surface area contributed by atoms with Crippen molar-refractivity contribution in [2.45, 2.75) is 26.2 Å². The van der Waals surface area contributed by atoms with Crippen molar-refractivity contribution < 1.29 is 4.43 Å². The third-order valence-electron chi connectivity index (χ3n) is 0.845. The van der Waals surface area contributed by atoms with E-state index in [9.17, 15) is 0 Å². The van der Waals surface area contributed by atoms with Crippen molar-refractivity contribution in [3.8, 4) is 0 Å². The molecule has 0 aliphatic rings. The Kier molecular flexibility index (Phi) is 3.21.